The normalized spacial score (nSPS) is 14.0. The minimum atomic E-state index is 0.909. The number of hydrogen-bond donors (Lipinski definition) is 4. The van der Waals surface area contributed by atoms with E-state index in [0.29, 0.717) is 0 Å². The van der Waals surface area contributed by atoms with Crippen molar-refractivity contribution in [2.24, 2.45) is 0 Å². The van der Waals surface area contributed by atoms with Crippen LogP contribution in [0.15, 0.2) is 48.5 Å². The van der Waals surface area contributed by atoms with E-state index in [0.717, 1.165) is 25.7 Å². The van der Waals surface area contributed by atoms with E-state index in [9.17, 15) is 0 Å². The topological polar surface area (TPSA) is 63.2 Å². The molecule has 5 rings (SSSR count). The third-order valence-corrected chi connectivity index (χ3v) is 4.75. The number of hydrogen-bond acceptors (Lipinski definition) is 0. The largest absolute Gasteiger partial charge is 0.362 e. The number of aromatic nitrogens is 4. The maximum atomic E-state index is 3.55. The second-order valence-corrected chi connectivity index (χ2v) is 6.74. The Balaban J connectivity index is 1.54. The summed E-state index contributed by atoms with van der Waals surface area (Å²) in [6.45, 7) is 0. The van der Waals surface area contributed by atoms with Crippen LogP contribution in [0.1, 0.15) is 45.6 Å². The van der Waals surface area contributed by atoms with E-state index in [1.807, 2.05) is 0 Å². The van der Waals surface area contributed by atoms with Gasteiger partial charge in [0.2, 0.25) is 0 Å². The van der Waals surface area contributed by atoms with Gasteiger partial charge in [0.05, 0.1) is 0 Å². The summed E-state index contributed by atoms with van der Waals surface area (Å²) in [4.78, 5) is 14.2. The molecule has 5 heterocycles. The van der Waals surface area contributed by atoms with E-state index in [2.05, 4.69) is 68.5 Å². The van der Waals surface area contributed by atoms with Crippen LogP contribution in [0, 0.1) is 0 Å². The van der Waals surface area contributed by atoms with Crippen LogP contribution in [-0.2, 0) is 25.7 Å². The lowest BCUT2D eigenvalue weighted by Gasteiger charge is -2.01. The van der Waals surface area contributed by atoms with Gasteiger partial charge in [0, 0.05) is 71.2 Å². The summed E-state index contributed by atoms with van der Waals surface area (Å²) < 4.78 is 0. The molecule has 4 aromatic rings. The highest BCUT2D eigenvalue weighted by Gasteiger charge is 2.09. The van der Waals surface area contributed by atoms with Gasteiger partial charge in [-0.1, -0.05) is 0 Å². The Morgan fingerprint density at radius 2 is 0.500 bits per heavy atom. The monoisotopic (exact) mass is 316 g/mol. The summed E-state index contributed by atoms with van der Waals surface area (Å²) in [5.41, 5.74) is 10.00. The Kier molecular flexibility index (Phi) is 3.01. The number of fused-ring (bicyclic) bond motifs is 8. The molecule has 0 amide bonds. The van der Waals surface area contributed by atoms with E-state index >= 15 is 0 Å². The lowest BCUT2D eigenvalue weighted by atomic mass is 10.2. The first-order valence-electron chi connectivity index (χ1n) is 8.47. The molecule has 0 unspecified atom stereocenters. The summed E-state index contributed by atoms with van der Waals surface area (Å²) in [7, 11) is 0. The minimum absolute atomic E-state index is 0.909. The summed E-state index contributed by atoms with van der Waals surface area (Å²) >= 11 is 0. The van der Waals surface area contributed by atoms with Crippen LogP contribution < -0.4 is 0 Å². The van der Waals surface area contributed by atoms with E-state index < -0.39 is 0 Å². The van der Waals surface area contributed by atoms with Crippen LogP contribution in [0.2, 0.25) is 0 Å². The van der Waals surface area contributed by atoms with E-state index in [1.165, 1.54) is 45.6 Å². The van der Waals surface area contributed by atoms with Crippen LogP contribution in [0.5, 0.6) is 0 Å². The molecule has 4 heteroatoms. The predicted molar refractivity (Wildman–Crippen MR) is 94.4 cm³/mol. The maximum absolute atomic E-state index is 3.55. The van der Waals surface area contributed by atoms with E-state index in [-0.39, 0.29) is 0 Å². The molecule has 0 atom stereocenters. The zero-order chi connectivity index (χ0) is 15.9. The molecule has 0 radical (unpaired) electrons. The van der Waals surface area contributed by atoms with Gasteiger partial charge in [0.25, 0.3) is 0 Å². The van der Waals surface area contributed by atoms with Crippen molar-refractivity contribution in [2.45, 2.75) is 25.7 Å². The molecule has 0 saturated carbocycles. The van der Waals surface area contributed by atoms with Gasteiger partial charge in [0.15, 0.2) is 0 Å². The summed E-state index contributed by atoms with van der Waals surface area (Å²) in [6, 6.07) is 17.5. The average Bonchev–Trinajstić information content (AvgIpc) is 3.32. The molecule has 1 aliphatic heterocycles. The Hall–Kier alpha value is -2.88. The number of nitrogens with one attached hydrogen (secondary N) is 4. The first-order valence-corrected chi connectivity index (χ1v) is 8.47. The quantitative estimate of drug-likeness (QED) is 0.337. The number of aromatic amines is 4. The molecule has 1 aliphatic rings. The van der Waals surface area contributed by atoms with Crippen molar-refractivity contribution in [1.29, 1.82) is 0 Å². The molecule has 4 N–H and O–H groups in total. The van der Waals surface area contributed by atoms with Crippen LogP contribution in [0.4, 0.5) is 0 Å². The van der Waals surface area contributed by atoms with Gasteiger partial charge in [-0.3, -0.25) is 0 Å². The van der Waals surface area contributed by atoms with Crippen LogP contribution in [0.3, 0.4) is 0 Å². The Morgan fingerprint density at radius 1 is 0.333 bits per heavy atom. The molecule has 0 spiro atoms. The number of H-pyrrole nitrogens is 4. The average molecular weight is 316 g/mol. The molecule has 0 fully saturated rings. The lowest BCUT2D eigenvalue weighted by molar-refractivity contribution is 0.947. The van der Waals surface area contributed by atoms with E-state index in [1.54, 1.807) is 0 Å². The third kappa shape index (κ3) is 2.60. The Bertz CT molecular complexity index is 752. The van der Waals surface area contributed by atoms with Crippen molar-refractivity contribution < 1.29 is 0 Å². The van der Waals surface area contributed by atoms with Crippen LogP contribution in [0.25, 0.3) is 0 Å². The Morgan fingerprint density at radius 3 is 0.667 bits per heavy atom. The van der Waals surface area contributed by atoms with Crippen LogP contribution in [-0.4, -0.2) is 19.9 Å². The zero-order valence-corrected chi connectivity index (χ0v) is 13.4. The van der Waals surface area contributed by atoms with Crippen LogP contribution >= 0.6 is 0 Å². The van der Waals surface area contributed by atoms with E-state index in [4.69, 9.17) is 0 Å². The maximum Gasteiger partial charge on any atom is 0.0278 e. The molecule has 8 bridgehead atoms. The van der Waals surface area contributed by atoms with Crippen molar-refractivity contribution in [1.82, 2.24) is 19.9 Å². The Labute approximate surface area is 140 Å². The van der Waals surface area contributed by atoms with Gasteiger partial charge in [-0.15, -0.1) is 0 Å². The molecule has 4 nitrogen and oxygen atoms in total. The SMILES string of the molecule is c1cc2[nH]c1Cc1ccc([nH]1)Cc1ccc([nH]1)Cc1ccc([nH]1)C2. The summed E-state index contributed by atoms with van der Waals surface area (Å²) in [5, 5.41) is 0. The molecule has 4 aromatic heterocycles. The smallest absolute Gasteiger partial charge is 0.0278 e. The third-order valence-electron chi connectivity index (χ3n) is 4.75. The molecule has 0 saturated heterocycles. The fraction of sp³-hybridized carbons (Fsp3) is 0.200. The summed E-state index contributed by atoms with van der Waals surface area (Å²) in [5.74, 6) is 0. The molecule has 0 aromatic carbocycles. The van der Waals surface area contributed by atoms with Gasteiger partial charge < -0.3 is 19.9 Å². The molecular weight excluding hydrogens is 296 g/mol. The van der Waals surface area contributed by atoms with Gasteiger partial charge in [-0.25, -0.2) is 0 Å². The summed E-state index contributed by atoms with van der Waals surface area (Å²) in [6.07, 6.45) is 3.63. The second-order valence-electron chi connectivity index (χ2n) is 6.74. The van der Waals surface area contributed by atoms with Crippen molar-refractivity contribution in [3.8, 4) is 0 Å². The van der Waals surface area contributed by atoms with Crippen molar-refractivity contribution in [2.75, 3.05) is 0 Å². The highest BCUT2D eigenvalue weighted by molar-refractivity contribution is 5.29. The van der Waals surface area contributed by atoms with Gasteiger partial charge in [0.1, 0.15) is 0 Å². The molecule has 24 heavy (non-hydrogen) atoms. The molecular formula is C20H20N4. The first kappa shape index (κ1) is 13.5. The van der Waals surface area contributed by atoms with Crippen molar-refractivity contribution in [3.05, 3.63) is 94.1 Å². The fourth-order valence-corrected chi connectivity index (χ4v) is 3.61. The van der Waals surface area contributed by atoms with Crippen molar-refractivity contribution >= 4 is 0 Å². The molecule has 120 valence electrons. The minimum Gasteiger partial charge on any atom is -0.362 e. The predicted octanol–water partition coefficient (Wildman–Crippen LogP) is 3.68. The lowest BCUT2D eigenvalue weighted by Crippen LogP contribution is -1.96. The number of rotatable bonds is 0. The second kappa shape index (κ2) is 5.34. The van der Waals surface area contributed by atoms with Gasteiger partial charge in [-0.05, 0) is 48.5 Å². The zero-order valence-electron chi connectivity index (χ0n) is 13.4. The van der Waals surface area contributed by atoms with Gasteiger partial charge in [-0.2, -0.15) is 0 Å². The fourth-order valence-electron chi connectivity index (χ4n) is 3.61. The highest BCUT2D eigenvalue weighted by Crippen LogP contribution is 2.17. The standard InChI is InChI=1S/C20H20N4/c1-2-14-10-16-5-6-18(23-16)12-20-8-7-19(24-20)11-17-4-3-15(22-17)9-13(1)21-14/h1-8,21-24H,9-12H2. The molecule has 0 aliphatic carbocycles. The van der Waals surface area contributed by atoms with Gasteiger partial charge >= 0.3 is 0 Å². The highest BCUT2D eigenvalue weighted by atomic mass is 14.8. The van der Waals surface area contributed by atoms with Crippen molar-refractivity contribution in [3.63, 3.8) is 0 Å². The first-order chi connectivity index (χ1) is 11.8.